The molecule has 0 aromatic carbocycles. The Bertz CT molecular complexity index is 255. The van der Waals surface area contributed by atoms with Crippen LogP contribution in [0.3, 0.4) is 0 Å². The van der Waals surface area contributed by atoms with Crippen molar-refractivity contribution in [1.29, 1.82) is 0 Å². The second kappa shape index (κ2) is 13.3. The van der Waals surface area contributed by atoms with Gasteiger partial charge in [-0.25, -0.2) is 0 Å². The third kappa shape index (κ3) is 10.9. The smallest absolute Gasteiger partial charge is 0.166 e. The predicted octanol–water partition coefficient (Wildman–Crippen LogP) is 4.16. The molecule has 21 heavy (non-hydrogen) atoms. The largest absolute Gasteiger partial charge is 0.376 e. The average Bonchev–Trinajstić information content (AvgIpc) is 3.00. The molecule has 1 aliphatic heterocycles. The molecular weight excluding hydrogens is 280 g/mol. The standard InChI is InChI=1S/C17H34N2OS/c1-2-3-4-5-6-7-8-9-10-13-18-17(21)19-15-16-12-11-14-20-16/h16H,2-15H2,1H3,(H2,18,19,21). The summed E-state index contributed by atoms with van der Waals surface area (Å²) in [6.45, 7) is 5.02. The van der Waals surface area contributed by atoms with Crippen LogP contribution in [0.15, 0.2) is 0 Å². The summed E-state index contributed by atoms with van der Waals surface area (Å²) in [5, 5.41) is 7.32. The zero-order valence-corrected chi connectivity index (χ0v) is 14.6. The van der Waals surface area contributed by atoms with Crippen LogP contribution >= 0.6 is 12.2 Å². The maximum Gasteiger partial charge on any atom is 0.166 e. The van der Waals surface area contributed by atoms with Gasteiger partial charge in [0, 0.05) is 19.7 Å². The second-order valence-corrected chi connectivity index (χ2v) is 6.51. The van der Waals surface area contributed by atoms with Crippen LogP contribution in [0.2, 0.25) is 0 Å². The van der Waals surface area contributed by atoms with Crippen molar-refractivity contribution in [2.75, 3.05) is 19.7 Å². The Morgan fingerprint density at radius 3 is 2.29 bits per heavy atom. The summed E-state index contributed by atoms with van der Waals surface area (Å²) in [7, 11) is 0. The fraction of sp³-hybridized carbons (Fsp3) is 0.941. The van der Waals surface area contributed by atoms with Gasteiger partial charge in [0.05, 0.1) is 6.10 Å². The van der Waals surface area contributed by atoms with Crippen molar-refractivity contribution in [3.63, 3.8) is 0 Å². The third-order valence-electron chi connectivity index (χ3n) is 4.08. The van der Waals surface area contributed by atoms with Crippen molar-refractivity contribution in [3.8, 4) is 0 Å². The van der Waals surface area contributed by atoms with E-state index in [1.165, 1.54) is 64.2 Å². The van der Waals surface area contributed by atoms with E-state index < -0.39 is 0 Å². The Morgan fingerprint density at radius 2 is 1.67 bits per heavy atom. The van der Waals surface area contributed by atoms with Crippen LogP contribution < -0.4 is 10.6 Å². The molecule has 0 spiro atoms. The Balaban J connectivity index is 1.77. The molecule has 1 saturated heterocycles. The maximum atomic E-state index is 5.56. The minimum Gasteiger partial charge on any atom is -0.376 e. The molecule has 1 heterocycles. The summed E-state index contributed by atoms with van der Waals surface area (Å²) < 4.78 is 5.56. The lowest BCUT2D eigenvalue weighted by Gasteiger charge is -2.13. The number of thiocarbonyl (C=S) groups is 1. The van der Waals surface area contributed by atoms with Gasteiger partial charge in [-0.3, -0.25) is 0 Å². The quantitative estimate of drug-likeness (QED) is 0.418. The summed E-state index contributed by atoms with van der Waals surface area (Å²) in [4.78, 5) is 0. The van der Waals surface area contributed by atoms with E-state index in [1.54, 1.807) is 0 Å². The van der Waals surface area contributed by atoms with Crippen LogP contribution in [-0.2, 0) is 4.74 Å². The highest BCUT2D eigenvalue weighted by Crippen LogP contribution is 2.10. The fourth-order valence-corrected chi connectivity index (χ4v) is 2.90. The van der Waals surface area contributed by atoms with Gasteiger partial charge < -0.3 is 15.4 Å². The number of ether oxygens (including phenoxy) is 1. The van der Waals surface area contributed by atoms with Gasteiger partial charge >= 0.3 is 0 Å². The van der Waals surface area contributed by atoms with Crippen molar-refractivity contribution in [3.05, 3.63) is 0 Å². The monoisotopic (exact) mass is 314 g/mol. The molecule has 2 N–H and O–H groups in total. The summed E-state index contributed by atoms with van der Waals surface area (Å²) in [5.74, 6) is 0. The summed E-state index contributed by atoms with van der Waals surface area (Å²) >= 11 is 5.27. The predicted molar refractivity (Wildman–Crippen MR) is 94.8 cm³/mol. The molecule has 1 aliphatic rings. The molecule has 0 amide bonds. The van der Waals surface area contributed by atoms with Crippen molar-refractivity contribution < 1.29 is 4.74 Å². The summed E-state index contributed by atoms with van der Waals surface area (Å²) in [6, 6.07) is 0. The number of hydrogen-bond acceptors (Lipinski definition) is 2. The average molecular weight is 315 g/mol. The highest BCUT2D eigenvalue weighted by Gasteiger charge is 2.14. The SMILES string of the molecule is CCCCCCCCCCCNC(=S)NCC1CCCO1. The molecule has 3 nitrogen and oxygen atoms in total. The topological polar surface area (TPSA) is 33.3 Å². The zero-order valence-electron chi connectivity index (χ0n) is 13.8. The minimum atomic E-state index is 0.359. The van der Waals surface area contributed by atoms with Gasteiger partial charge in [0.15, 0.2) is 5.11 Å². The Labute approximate surface area is 136 Å². The molecule has 1 atom stereocenters. The van der Waals surface area contributed by atoms with Gasteiger partial charge in [0.1, 0.15) is 0 Å². The normalized spacial score (nSPS) is 17.9. The molecule has 124 valence electrons. The molecule has 0 aliphatic carbocycles. The van der Waals surface area contributed by atoms with Gasteiger partial charge in [-0.05, 0) is 31.5 Å². The molecule has 0 saturated carbocycles. The Kier molecular flexibility index (Phi) is 11.9. The number of unbranched alkanes of at least 4 members (excludes halogenated alkanes) is 8. The number of rotatable bonds is 12. The molecule has 0 aromatic heterocycles. The van der Waals surface area contributed by atoms with Crippen LogP contribution in [0.1, 0.15) is 77.6 Å². The lowest BCUT2D eigenvalue weighted by Crippen LogP contribution is -2.39. The zero-order chi connectivity index (χ0) is 15.2. The van der Waals surface area contributed by atoms with Crippen LogP contribution in [0.25, 0.3) is 0 Å². The molecule has 1 fully saturated rings. The van der Waals surface area contributed by atoms with Gasteiger partial charge in [0.2, 0.25) is 0 Å². The molecule has 0 bridgehead atoms. The highest BCUT2D eigenvalue weighted by atomic mass is 32.1. The van der Waals surface area contributed by atoms with Gasteiger partial charge in [-0.15, -0.1) is 0 Å². The molecular formula is C17H34N2OS. The summed E-state index contributed by atoms with van der Waals surface area (Å²) in [6.07, 6.45) is 15.0. The molecule has 0 aromatic rings. The summed E-state index contributed by atoms with van der Waals surface area (Å²) in [5.41, 5.74) is 0. The van der Waals surface area contributed by atoms with Gasteiger partial charge in [-0.2, -0.15) is 0 Å². The van der Waals surface area contributed by atoms with Gasteiger partial charge in [0.25, 0.3) is 0 Å². The first-order valence-corrected chi connectivity index (χ1v) is 9.37. The van der Waals surface area contributed by atoms with E-state index in [0.29, 0.717) is 6.10 Å². The Hall–Kier alpha value is -0.350. The first-order chi connectivity index (χ1) is 10.3. The highest BCUT2D eigenvalue weighted by molar-refractivity contribution is 7.80. The number of hydrogen-bond donors (Lipinski definition) is 2. The van der Waals surface area contributed by atoms with E-state index in [-0.39, 0.29) is 0 Å². The molecule has 0 radical (unpaired) electrons. The molecule has 1 unspecified atom stereocenters. The molecule has 1 rings (SSSR count). The lowest BCUT2D eigenvalue weighted by molar-refractivity contribution is 0.114. The third-order valence-corrected chi connectivity index (χ3v) is 4.37. The van der Waals surface area contributed by atoms with E-state index in [4.69, 9.17) is 17.0 Å². The first kappa shape index (κ1) is 18.7. The minimum absolute atomic E-state index is 0.359. The van der Waals surface area contributed by atoms with Crippen molar-refractivity contribution in [1.82, 2.24) is 10.6 Å². The fourth-order valence-electron chi connectivity index (χ4n) is 2.71. The van der Waals surface area contributed by atoms with Crippen LogP contribution in [0.5, 0.6) is 0 Å². The van der Waals surface area contributed by atoms with Crippen LogP contribution in [-0.4, -0.2) is 30.9 Å². The maximum absolute atomic E-state index is 5.56. The van der Waals surface area contributed by atoms with E-state index in [0.717, 1.165) is 31.2 Å². The van der Waals surface area contributed by atoms with E-state index in [2.05, 4.69) is 17.6 Å². The van der Waals surface area contributed by atoms with E-state index in [9.17, 15) is 0 Å². The van der Waals surface area contributed by atoms with Crippen molar-refractivity contribution in [2.45, 2.75) is 83.7 Å². The van der Waals surface area contributed by atoms with E-state index >= 15 is 0 Å². The van der Waals surface area contributed by atoms with Crippen molar-refractivity contribution >= 4 is 17.3 Å². The molecule has 4 heteroatoms. The van der Waals surface area contributed by atoms with E-state index in [1.807, 2.05) is 0 Å². The Morgan fingerprint density at radius 1 is 1.00 bits per heavy atom. The second-order valence-electron chi connectivity index (χ2n) is 6.10. The van der Waals surface area contributed by atoms with Gasteiger partial charge in [-0.1, -0.05) is 58.3 Å². The van der Waals surface area contributed by atoms with Crippen LogP contribution in [0, 0.1) is 0 Å². The van der Waals surface area contributed by atoms with Crippen molar-refractivity contribution in [2.24, 2.45) is 0 Å². The first-order valence-electron chi connectivity index (χ1n) is 8.96. The van der Waals surface area contributed by atoms with Crippen LogP contribution in [0.4, 0.5) is 0 Å². The lowest BCUT2D eigenvalue weighted by atomic mass is 10.1. The number of nitrogens with one attached hydrogen (secondary N) is 2.